The van der Waals surface area contributed by atoms with Crippen LogP contribution in [0.15, 0.2) is 64.5 Å². The molecule has 0 fully saturated rings. The van der Waals surface area contributed by atoms with Crippen LogP contribution in [0.4, 0.5) is 0 Å². The SMILES string of the molecule is Cc1cc(C(=O)N/N=C/c2cccc(OCc3ccc(Cl)cc3)c2)nc(=O)[nH]1. The average molecular weight is 397 g/mol. The predicted octanol–water partition coefficient (Wildman–Crippen LogP) is 3.07. The lowest BCUT2D eigenvalue weighted by Gasteiger charge is -2.07. The molecule has 1 aromatic heterocycles. The Morgan fingerprint density at radius 1 is 1.25 bits per heavy atom. The van der Waals surface area contributed by atoms with Gasteiger partial charge in [-0.05, 0) is 48.4 Å². The largest absolute Gasteiger partial charge is 0.489 e. The highest BCUT2D eigenvalue weighted by Crippen LogP contribution is 2.15. The van der Waals surface area contributed by atoms with Gasteiger partial charge in [0.05, 0.1) is 6.21 Å². The molecule has 2 N–H and O–H groups in total. The quantitative estimate of drug-likeness (QED) is 0.494. The third-order valence-corrected chi connectivity index (χ3v) is 3.92. The molecule has 0 unspecified atom stereocenters. The number of carbonyl (C=O) groups is 1. The molecule has 0 spiro atoms. The number of ether oxygens (including phenoxy) is 1. The monoisotopic (exact) mass is 396 g/mol. The first-order valence-corrected chi connectivity index (χ1v) is 8.76. The van der Waals surface area contributed by atoms with E-state index in [1.54, 1.807) is 13.0 Å². The fourth-order valence-electron chi connectivity index (χ4n) is 2.35. The number of nitrogens with one attached hydrogen (secondary N) is 2. The van der Waals surface area contributed by atoms with Crippen molar-refractivity contribution >= 4 is 23.7 Å². The number of amides is 1. The molecule has 1 heterocycles. The second-order valence-corrected chi connectivity index (χ2v) is 6.38. The molecule has 0 aliphatic heterocycles. The maximum absolute atomic E-state index is 12.0. The first-order chi connectivity index (χ1) is 13.5. The Hall–Kier alpha value is -3.45. The summed E-state index contributed by atoms with van der Waals surface area (Å²) < 4.78 is 5.76. The third kappa shape index (κ3) is 5.52. The number of H-pyrrole nitrogens is 1. The van der Waals surface area contributed by atoms with Crippen LogP contribution in [-0.4, -0.2) is 22.1 Å². The summed E-state index contributed by atoms with van der Waals surface area (Å²) in [6.07, 6.45) is 1.48. The number of hydrogen-bond donors (Lipinski definition) is 2. The van der Waals surface area contributed by atoms with Gasteiger partial charge in [0.15, 0.2) is 0 Å². The van der Waals surface area contributed by atoms with Crippen molar-refractivity contribution in [1.29, 1.82) is 0 Å². The van der Waals surface area contributed by atoms with Crippen molar-refractivity contribution in [3.8, 4) is 5.75 Å². The average Bonchev–Trinajstić information content (AvgIpc) is 2.67. The maximum atomic E-state index is 12.0. The van der Waals surface area contributed by atoms with Crippen molar-refractivity contribution in [2.45, 2.75) is 13.5 Å². The summed E-state index contributed by atoms with van der Waals surface area (Å²) in [7, 11) is 0. The predicted molar refractivity (Wildman–Crippen MR) is 107 cm³/mol. The van der Waals surface area contributed by atoms with E-state index in [4.69, 9.17) is 16.3 Å². The Morgan fingerprint density at radius 2 is 2.04 bits per heavy atom. The Labute approximate surface area is 166 Å². The summed E-state index contributed by atoms with van der Waals surface area (Å²) in [6, 6.07) is 16.1. The van der Waals surface area contributed by atoms with E-state index in [0.717, 1.165) is 11.1 Å². The van der Waals surface area contributed by atoms with Crippen LogP contribution in [0.2, 0.25) is 5.02 Å². The zero-order chi connectivity index (χ0) is 19.9. The molecule has 0 radical (unpaired) electrons. The molecule has 0 atom stereocenters. The molecule has 0 bridgehead atoms. The van der Waals surface area contributed by atoms with E-state index < -0.39 is 11.6 Å². The fraction of sp³-hybridized carbons (Fsp3) is 0.100. The molecule has 1 amide bonds. The number of rotatable bonds is 6. The minimum absolute atomic E-state index is 0.00144. The summed E-state index contributed by atoms with van der Waals surface area (Å²) in [6.45, 7) is 2.07. The van der Waals surface area contributed by atoms with Gasteiger partial charge in [-0.25, -0.2) is 10.2 Å². The molecule has 3 rings (SSSR count). The number of benzene rings is 2. The van der Waals surface area contributed by atoms with Gasteiger partial charge >= 0.3 is 5.69 Å². The van der Waals surface area contributed by atoms with Crippen molar-refractivity contribution in [1.82, 2.24) is 15.4 Å². The Bertz CT molecular complexity index is 1060. The topological polar surface area (TPSA) is 96.4 Å². The smallest absolute Gasteiger partial charge is 0.345 e. The van der Waals surface area contributed by atoms with Gasteiger partial charge in [-0.3, -0.25) is 4.79 Å². The van der Waals surface area contributed by atoms with Crippen LogP contribution < -0.4 is 15.9 Å². The fourth-order valence-corrected chi connectivity index (χ4v) is 2.48. The van der Waals surface area contributed by atoms with Crippen LogP contribution in [0.3, 0.4) is 0 Å². The van der Waals surface area contributed by atoms with Crippen molar-refractivity contribution in [2.75, 3.05) is 0 Å². The summed E-state index contributed by atoms with van der Waals surface area (Å²) in [5.41, 5.74) is 4.04. The number of nitrogens with zero attached hydrogens (tertiary/aromatic N) is 2. The second kappa shape index (κ2) is 8.96. The van der Waals surface area contributed by atoms with E-state index in [1.165, 1.54) is 12.3 Å². The number of aryl methyl sites for hydroxylation is 1. The minimum atomic E-state index is -0.584. The second-order valence-electron chi connectivity index (χ2n) is 5.94. The maximum Gasteiger partial charge on any atom is 0.345 e. The Kier molecular flexibility index (Phi) is 6.18. The highest BCUT2D eigenvalue weighted by molar-refractivity contribution is 6.30. The van der Waals surface area contributed by atoms with Gasteiger partial charge < -0.3 is 9.72 Å². The van der Waals surface area contributed by atoms with Gasteiger partial charge in [0.1, 0.15) is 18.1 Å². The first-order valence-electron chi connectivity index (χ1n) is 8.38. The number of carbonyl (C=O) groups excluding carboxylic acids is 1. The summed E-state index contributed by atoms with van der Waals surface area (Å²) >= 11 is 5.87. The van der Waals surface area contributed by atoms with Gasteiger partial charge in [0.2, 0.25) is 0 Å². The van der Waals surface area contributed by atoms with Gasteiger partial charge in [-0.1, -0.05) is 35.9 Å². The highest BCUT2D eigenvalue weighted by atomic mass is 35.5. The molecule has 8 heteroatoms. The summed E-state index contributed by atoms with van der Waals surface area (Å²) in [5.74, 6) is 0.0951. The third-order valence-electron chi connectivity index (χ3n) is 3.67. The van der Waals surface area contributed by atoms with Gasteiger partial charge in [-0.2, -0.15) is 10.1 Å². The van der Waals surface area contributed by atoms with Crippen molar-refractivity contribution in [2.24, 2.45) is 5.10 Å². The van der Waals surface area contributed by atoms with E-state index in [0.29, 0.717) is 23.1 Å². The lowest BCUT2D eigenvalue weighted by atomic mass is 10.2. The Balaban J connectivity index is 1.59. The van der Waals surface area contributed by atoms with Crippen LogP contribution in [0.1, 0.15) is 27.3 Å². The molecule has 2 aromatic carbocycles. The number of hydrogen-bond acceptors (Lipinski definition) is 5. The van der Waals surface area contributed by atoms with Crippen molar-refractivity contribution in [3.05, 3.63) is 92.6 Å². The van der Waals surface area contributed by atoms with E-state index in [1.807, 2.05) is 42.5 Å². The van der Waals surface area contributed by atoms with Crippen molar-refractivity contribution < 1.29 is 9.53 Å². The molecule has 0 saturated heterocycles. The lowest BCUT2D eigenvalue weighted by molar-refractivity contribution is 0.0949. The van der Waals surface area contributed by atoms with Crippen LogP contribution >= 0.6 is 11.6 Å². The van der Waals surface area contributed by atoms with Crippen LogP contribution in [-0.2, 0) is 6.61 Å². The highest BCUT2D eigenvalue weighted by Gasteiger charge is 2.07. The molecule has 142 valence electrons. The molecule has 3 aromatic rings. The number of halogens is 1. The summed E-state index contributed by atoms with van der Waals surface area (Å²) in [5, 5.41) is 4.57. The van der Waals surface area contributed by atoms with E-state index in [2.05, 4.69) is 20.5 Å². The number of hydrazone groups is 1. The molecular weight excluding hydrogens is 380 g/mol. The van der Waals surface area contributed by atoms with Crippen LogP contribution in [0, 0.1) is 6.92 Å². The number of aromatic amines is 1. The zero-order valence-corrected chi connectivity index (χ0v) is 15.7. The normalized spacial score (nSPS) is 10.8. The molecule has 0 aliphatic carbocycles. The number of aromatic nitrogens is 2. The molecule has 0 aliphatic rings. The lowest BCUT2D eigenvalue weighted by Crippen LogP contribution is -2.24. The van der Waals surface area contributed by atoms with Gasteiger partial charge in [-0.15, -0.1) is 0 Å². The first kappa shape index (κ1) is 19.3. The standard InChI is InChI=1S/C20H17ClN4O3/c1-13-9-18(24-20(27)23-13)19(26)25-22-11-15-3-2-4-17(10-15)28-12-14-5-7-16(21)8-6-14/h2-11H,12H2,1H3,(H,25,26)(H,23,24,27)/b22-11+. The Morgan fingerprint density at radius 3 is 2.79 bits per heavy atom. The van der Waals surface area contributed by atoms with Crippen LogP contribution in [0.25, 0.3) is 0 Å². The van der Waals surface area contributed by atoms with Crippen molar-refractivity contribution in [3.63, 3.8) is 0 Å². The van der Waals surface area contributed by atoms with Gasteiger partial charge in [0.25, 0.3) is 5.91 Å². The van der Waals surface area contributed by atoms with E-state index in [-0.39, 0.29) is 5.69 Å². The molecular formula is C20H17ClN4O3. The minimum Gasteiger partial charge on any atom is -0.489 e. The van der Waals surface area contributed by atoms with E-state index >= 15 is 0 Å². The zero-order valence-electron chi connectivity index (χ0n) is 15.0. The molecule has 0 saturated carbocycles. The molecule has 28 heavy (non-hydrogen) atoms. The molecule has 7 nitrogen and oxygen atoms in total. The van der Waals surface area contributed by atoms with Gasteiger partial charge in [0, 0.05) is 10.7 Å². The van der Waals surface area contributed by atoms with E-state index in [9.17, 15) is 9.59 Å². The van der Waals surface area contributed by atoms with Crippen LogP contribution in [0.5, 0.6) is 5.75 Å². The summed E-state index contributed by atoms with van der Waals surface area (Å²) in [4.78, 5) is 29.4.